The summed E-state index contributed by atoms with van der Waals surface area (Å²) in [5, 5.41) is 12.5. The van der Waals surface area contributed by atoms with Crippen LogP contribution in [0.3, 0.4) is 0 Å². The van der Waals surface area contributed by atoms with Crippen LogP contribution in [0.5, 0.6) is 5.75 Å². The molecule has 8 heteroatoms. The zero-order chi connectivity index (χ0) is 16.7. The van der Waals surface area contributed by atoms with Crippen molar-refractivity contribution in [1.82, 2.24) is 15.1 Å². The van der Waals surface area contributed by atoms with Crippen molar-refractivity contribution in [3.05, 3.63) is 29.8 Å². The molecule has 1 heterocycles. The molecule has 0 bridgehead atoms. The Kier molecular flexibility index (Phi) is 8.53. The van der Waals surface area contributed by atoms with Gasteiger partial charge in [-0.1, -0.05) is 6.07 Å². The lowest BCUT2D eigenvalue weighted by Gasteiger charge is -2.35. The molecule has 0 spiro atoms. The Morgan fingerprint density at radius 1 is 1.21 bits per heavy atom. The summed E-state index contributed by atoms with van der Waals surface area (Å²) in [4.78, 5) is 27.9. The van der Waals surface area contributed by atoms with Crippen LogP contribution in [0.15, 0.2) is 24.3 Å². The zero-order valence-corrected chi connectivity index (χ0v) is 14.6. The van der Waals surface area contributed by atoms with Gasteiger partial charge in [-0.05, 0) is 18.2 Å². The molecule has 1 saturated heterocycles. The van der Waals surface area contributed by atoms with Gasteiger partial charge in [0.05, 0.1) is 13.2 Å². The molecule has 134 valence electrons. The minimum atomic E-state index is -0.119. The molecule has 1 aliphatic rings. The Morgan fingerprint density at radius 3 is 2.50 bits per heavy atom. The molecule has 0 aromatic heterocycles. The SMILES string of the molecule is COCCNCC(=O)N1CCN(C(=O)c2cccc(O)c2)CC1.Cl. The second kappa shape index (κ2) is 10.1. The number of halogens is 1. The number of nitrogens with one attached hydrogen (secondary N) is 1. The summed E-state index contributed by atoms with van der Waals surface area (Å²) in [6.07, 6.45) is 0. The number of aromatic hydroxyl groups is 1. The fraction of sp³-hybridized carbons (Fsp3) is 0.500. The smallest absolute Gasteiger partial charge is 0.254 e. The van der Waals surface area contributed by atoms with E-state index < -0.39 is 0 Å². The lowest BCUT2D eigenvalue weighted by molar-refractivity contribution is -0.131. The van der Waals surface area contributed by atoms with Crippen molar-refractivity contribution >= 4 is 24.2 Å². The highest BCUT2D eigenvalue weighted by Gasteiger charge is 2.24. The highest BCUT2D eigenvalue weighted by Crippen LogP contribution is 2.14. The lowest BCUT2D eigenvalue weighted by Crippen LogP contribution is -2.52. The molecule has 0 saturated carbocycles. The molecule has 1 aliphatic heterocycles. The molecule has 0 radical (unpaired) electrons. The van der Waals surface area contributed by atoms with Crippen molar-refractivity contribution in [3.63, 3.8) is 0 Å². The van der Waals surface area contributed by atoms with Crippen LogP contribution in [0.1, 0.15) is 10.4 Å². The third-order valence-electron chi connectivity index (χ3n) is 3.77. The molecule has 0 aliphatic carbocycles. The number of nitrogens with zero attached hydrogens (tertiary/aromatic N) is 2. The first-order valence-electron chi connectivity index (χ1n) is 7.67. The van der Waals surface area contributed by atoms with Crippen molar-refractivity contribution < 1.29 is 19.4 Å². The van der Waals surface area contributed by atoms with Crippen LogP contribution in [0.25, 0.3) is 0 Å². The first-order chi connectivity index (χ1) is 11.1. The number of hydrogen-bond acceptors (Lipinski definition) is 5. The van der Waals surface area contributed by atoms with E-state index in [2.05, 4.69) is 5.32 Å². The predicted molar refractivity (Wildman–Crippen MR) is 92.6 cm³/mol. The van der Waals surface area contributed by atoms with Gasteiger partial charge in [0.2, 0.25) is 5.91 Å². The summed E-state index contributed by atoms with van der Waals surface area (Å²) in [5.74, 6) is -0.0106. The van der Waals surface area contributed by atoms with E-state index in [1.165, 1.54) is 12.1 Å². The van der Waals surface area contributed by atoms with Gasteiger partial charge in [0.1, 0.15) is 5.75 Å². The van der Waals surface area contributed by atoms with Crippen LogP contribution in [-0.2, 0) is 9.53 Å². The molecule has 7 nitrogen and oxygen atoms in total. The normalized spacial score (nSPS) is 14.2. The van der Waals surface area contributed by atoms with Crippen LogP contribution >= 0.6 is 12.4 Å². The monoisotopic (exact) mass is 357 g/mol. The van der Waals surface area contributed by atoms with Crippen molar-refractivity contribution in [3.8, 4) is 5.75 Å². The van der Waals surface area contributed by atoms with Crippen molar-refractivity contribution in [2.45, 2.75) is 0 Å². The summed E-state index contributed by atoms with van der Waals surface area (Å²) in [5.41, 5.74) is 0.464. The minimum absolute atomic E-state index is 0. The topological polar surface area (TPSA) is 82.1 Å². The maximum Gasteiger partial charge on any atom is 0.254 e. The Morgan fingerprint density at radius 2 is 1.88 bits per heavy atom. The number of piperazine rings is 1. The van der Waals surface area contributed by atoms with Gasteiger partial charge in [-0.2, -0.15) is 0 Å². The maximum atomic E-state index is 12.4. The fourth-order valence-electron chi connectivity index (χ4n) is 2.46. The first kappa shape index (κ1) is 20.2. The number of rotatable bonds is 6. The third-order valence-corrected chi connectivity index (χ3v) is 3.77. The van der Waals surface area contributed by atoms with Crippen molar-refractivity contribution in [2.24, 2.45) is 0 Å². The van der Waals surface area contributed by atoms with Gasteiger partial charge in [-0.15, -0.1) is 12.4 Å². The summed E-state index contributed by atoms with van der Waals surface area (Å²) < 4.78 is 4.91. The van der Waals surface area contributed by atoms with Gasteiger partial charge in [0.25, 0.3) is 5.91 Å². The van der Waals surface area contributed by atoms with Crippen LogP contribution in [0.2, 0.25) is 0 Å². The number of ether oxygens (including phenoxy) is 1. The first-order valence-corrected chi connectivity index (χ1v) is 7.67. The number of phenolic OH excluding ortho intramolecular Hbond substituents is 1. The van der Waals surface area contributed by atoms with E-state index in [1.807, 2.05) is 0 Å². The summed E-state index contributed by atoms with van der Waals surface area (Å²) in [7, 11) is 1.62. The molecular weight excluding hydrogens is 334 g/mol. The number of amides is 2. The number of phenols is 1. The van der Waals surface area contributed by atoms with Crippen LogP contribution in [0.4, 0.5) is 0 Å². The molecule has 2 rings (SSSR count). The lowest BCUT2D eigenvalue weighted by atomic mass is 10.1. The van der Waals surface area contributed by atoms with E-state index in [-0.39, 0.29) is 36.5 Å². The molecule has 1 fully saturated rings. The Bertz CT molecular complexity index is 548. The quantitative estimate of drug-likeness (QED) is 0.717. The van der Waals surface area contributed by atoms with E-state index in [0.29, 0.717) is 44.9 Å². The molecule has 2 amide bonds. The molecule has 24 heavy (non-hydrogen) atoms. The standard InChI is InChI=1S/C16H23N3O4.ClH/c1-23-10-5-17-12-15(21)18-6-8-19(9-7-18)16(22)13-3-2-4-14(20)11-13;/h2-4,11,17,20H,5-10,12H2,1H3;1H. The van der Waals surface area contributed by atoms with Gasteiger partial charge in [0, 0.05) is 45.4 Å². The molecule has 1 aromatic carbocycles. The number of methoxy groups -OCH3 is 1. The fourth-order valence-corrected chi connectivity index (χ4v) is 2.46. The third kappa shape index (κ3) is 5.67. The predicted octanol–water partition coefficient (Wildman–Crippen LogP) is 0.334. The average molecular weight is 358 g/mol. The van der Waals surface area contributed by atoms with Crippen LogP contribution in [-0.4, -0.2) is 79.7 Å². The van der Waals surface area contributed by atoms with Gasteiger partial charge in [-0.3, -0.25) is 9.59 Å². The Hall–Kier alpha value is -1.83. The van der Waals surface area contributed by atoms with E-state index in [9.17, 15) is 14.7 Å². The highest BCUT2D eigenvalue weighted by atomic mass is 35.5. The average Bonchev–Trinajstić information content (AvgIpc) is 2.58. The number of carbonyl (C=O) groups excluding carboxylic acids is 2. The maximum absolute atomic E-state index is 12.4. The van der Waals surface area contributed by atoms with E-state index in [0.717, 1.165) is 0 Å². The summed E-state index contributed by atoms with van der Waals surface area (Å²) in [6, 6.07) is 6.32. The molecule has 1 aromatic rings. The Balaban J connectivity index is 0.00000288. The second-order valence-electron chi connectivity index (χ2n) is 5.39. The van der Waals surface area contributed by atoms with Gasteiger partial charge >= 0.3 is 0 Å². The second-order valence-corrected chi connectivity index (χ2v) is 5.39. The van der Waals surface area contributed by atoms with Crippen LogP contribution < -0.4 is 5.32 Å². The molecule has 0 atom stereocenters. The molecule has 2 N–H and O–H groups in total. The Labute approximate surface area is 148 Å². The minimum Gasteiger partial charge on any atom is -0.508 e. The number of hydrogen-bond donors (Lipinski definition) is 2. The van der Waals surface area contributed by atoms with E-state index >= 15 is 0 Å². The summed E-state index contributed by atoms with van der Waals surface area (Å²) >= 11 is 0. The zero-order valence-electron chi connectivity index (χ0n) is 13.7. The number of benzene rings is 1. The van der Waals surface area contributed by atoms with Crippen molar-refractivity contribution in [2.75, 3.05) is 53.0 Å². The molecular formula is C16H24ClN3O4. The van der Waals surface area contributed by atoms with E-state index in [1.54, 1.807) is 29.0 Å². The number of carbonyl (C=O) groups is 2. The van der Waals surface area contributed by atoms with Gasteiger partial charge < -0.3 is 25.0 Å². The van der Waals surface area contributed by atoms with E-state index in [4.69, 9.17) is 4.74 Å². The van der Waals surface area contributed by atoms with Crippen molar-refractivity contribution in [1.29, 1.82) is 0 Å². The summed E-state index contributed by atoms with van der Waals surface area (Å²) in [6.45, 7) is 3.53. The molecule has 0 unspecified atom stereocenters. The largest absolute Gasteiger partial charge is 0.508 e. The highest BCUT2D eigenvalue weighted by molar-refractivity contribution is 5.94. The van der Waals surface area contributed by atoms with Gasteiger partial charge in [-0.25, -0.2) is 0 Å². The van der Waals surface area contributed by atoms with Gasteiger partial charge in [0.15, 0.2) is 0 Å². The van der Waals surface area contributed by atoms with Crippen LogP contribution in [0, 0.1) is 0 Å².